The van der Waals surface area contributed by atoms with Crippen LogP contribution in [-0.2, 0) is 9.59 Å². The van der Waals surface area contributed by atoms with E-state index < -0.39 is 5.82 Å². The van der Waals surface area contributed by atoms with Crippen LogP contribution in [0.3, 0.4) is 0 Å². The molecule has 0 N–H and O–H groups in total. The Labute approximate surface area is 194 Å². The Hall–Kier alpha value is -2.88. The van der Waals surface area contributed by atoms with Gasteiger partial charge in [-0.25, -0.2) is 9.37 Å². The predicted molar refractivity (Wildman–Crippen MR) is 125 cm³/mol. The number of carbonyl (C=O) groups excluding carboxylic acids is 3. The Morgan fingerprint density at radius 1 is 1.09 bits per heavy atom. The van der Waals surface area contributed by atoms with Crippen molar-refractivity contribution in [3.8, 4) is 0 Å². The smallest absolute Gasteiger partial charge is 0.260 e. The van der Waals surface area contributed by atoms with Crippen LogP contribution in [0.2, 0.25) is 0 Å². The van der Waals surface area contributed by atoms with E-state index in [1.54, 1.807) is 36.4 Å². The topological polar surface area (TPSA) is 73.8 Å². The van der Waals surface area contributed by atoms with Crippen LogP contribution in [0.25, 0.3) is 10.2 Å². The number of halogens is 2. The lowest BCUT2D eigenvalue weighted by Crippen LogP contribution is -2.37. The lowest BCUT2D eigenvalue weighted by Gasteiger charge is -2.22. The zero-order valence-corrected chi connectivity index (χ0v) is 19.2. The summed E-state index contributed by atoms with van der Waals surface area (Å²) in [5.74, 6) is -1.32. The highest BCUT2D eigenvalue weighted by Crippen LogP contribution is 2.31. The Morgan fingerprint density at radius 2 is 1.78 bits per heavy atom. The van der Waals surface area contributed by atoms with Crippen molar-refractivity contribution >= 4 is 62.5 Å². The molecule has 1 saturated heterocycles. The van der Waals surface area contributed by atoms with Gasteiger partial charge in [-0.1, -0.05) is 23.5 Å². The van der Waals surface area contributed by atoms with Crippen LogP contribution in [0.5, 0.6) is 0 Å². The number of imide groups is 1. The summed E-state index contributed by atoms with van der Waals surface area (Å²) in [5.41, 5.74) is 0.928. The quantitative estimate of drug-likeness (QED) is 0.507. The number of hydrogen-bond acceptors (Lipinski definition) is 6. The van der Waals surface area contributed by atoms with Crippen LogP contribution in [0.15, 0.2) is 42.5 Å². The molecule has 0 atom stereocenters. The summed E-state index contributed by atoms with van der Waals surface area (Å²) >= 11 is 1.24. The minimum atomic E-state index is -0.437. The van der Waals surface area contributed by atoms with Crippen molar-refractivity contribution in [2.45, 2.75) is 12.8 Å². The maximum absolute atomic E-state index is 14.2. The molecule has 168 valence electrons. The van der Waals surface area contributed by atoms with Crippen molar-refractivity contribution in [2.75, 3.05) is 37.0 Å². The number of aromatic nitrogens is 1. The lowest BCUT2D eigenvalue weighted by atomic mass is 10.1. The van der Waals surface area contributed by atoms with E-state index >= 15 is 0 Å². The van der Waals surface area contributed by atoms with E-state index in [2.05, 4.69) is 4.98 Å². The molecule has 1 aliphatic rings. The van der Waals surface area contributed by atoms with Gasteiger partial charge < -0.3 is 4.90 Å². The Bertz CT molecular complexity index is 1170. The number of hydrogen-bond donors (Lipinski definition) is 0. The molecule has 3 amide bonds. The van der Waals surface area contributed by atoms with Crippen LogP contribution in [0.4, 0.5) is 15.2 Å². The maximum atomic E-state index is 14.2. The predicted octanol–water partition coefficient (Wildman–Crippen LogP) is 3.72. The number of rotatable bonds is 6. The summed E-state index contributed by atoms with van der Waals surface area (Å²) in [4.78, 5) is 46.6. The molecule has 2 heterocycles. The monoisotopic (exact) mass is 476 g/mol. The third-order valence-corrected chi connectivity index (χ3v) is 6.05. The third kappa shape index (κ3) is 4.64. The molecule has 0 unspecified atom stereocenters. The van der Waals surface area contributed by atoms with Gasteiger partial charge in [0, 0.05) is 31.5 Å². The van der Waals surface area contributed by atoms with E-state index in [0.29, 0.717) is 34.2 Å². The molecule has 1 fully saturated rings. The van der Waals surface area contributed by atoms with Gasteiger partial charge in [0.25, 0.3) is 5.91 Å². The summed E-state index contributed by atoms with van der Waals surface area (Å²) in [7, 11) is 3.79. The molecule has 1 aliphatic heterocycles. The fourth-order valence-corrected chi connectivity index (χ4v) is 4.41. The second-order valence-corrected chi connectivity index (χ2v) is 8.53. The summed E-state index contributed by atoms with van der Waals surface area (Å²) in [6, 6.07) is 11.2. The molecular formula is C22H22ClFN4O3S. The van der Waals surface area contributed by atoms with Crippen LogP contribution in [0, 0.1) is 5.82 Å². The largest absolute Gasteiger partial charge is 0.308 e. The van der Waals surface area contributed by atoms with Crippen LogP contribution in [0.1, 0.15) is 23.2 Å². The summed E-state index contributed by atoms with van der Waals surface area (Å²) < 4.78 is 14.8. The first-order chi connectivity index (χ1) is 14.8. The van der Waals surface area contributed by atoms with E-state index in [9.17, 15) is 18.8 Å². The first-order valence-electron chi connectivity index (χ1n) is 9.82. The molecule has 3 aromatic rings. The molecule has 32 heavy (non-hydrogen) atoms. The van der Waals surface area contributed by atoms with Gasteiger partial charge in [0.05, 0.1) is 10.4 Å². The summed E-state index contributed by atoms with van der Waals surface area (Å²) in [6.07, 6.45) is 0.340. The third-order valence-electron chi connectivity index (χ3n) is 5.01. The molecule has 0 radical (unpaired) electrons. The standard InChI is InChI=1S/C22H21FN4O3S.ClH/c1-25(2)11-12-26(22-24-20-16(23)7-4-8-17(20)31-22)21(30)14-5-3-6-15(13-14)27-18(28)9-10-19(27)29;/h3-8,13H,9-12H2,1-2H3;1H. The number of fused-ring (bicyclic) bond motifs is 1. The van der Waals surface area contributed by atoms with Gasteiger partial charge in [-0.15, -0.1) is 12.4 Å². The van der Waals surface area contributed by atoms with E-state index in [4.69, 9.17) is 0 Å². The number of para-hydroxylation sites is 1. The van der Waals surface area contributed by atoms with Gasteiger partial charge in [0.2, 0.25) is 11.8 Å². The van der Waals surface area contributed by atoms with Crippen molar-refractivity contribution < 1.29 is 18.8 Å². The number of thiazole rings is 1. The van der Waals surface area contributed by atoms with Gasteiger partial charge in [0.15, 0.2) is 5.13 Å². The number of amides is 3. The molecule has 7 nitrogen and oxygen atoms in total. The Morgan fingerprint density at radius 3 is 2.44 bits per heavy atom. The fourth-order valence-electron chi connectivity index (χ4n) is 3.40. The first kappa shape index (κ1) is 23.8. The van der Waals surface area contributed by atoms with Crippen LogP contribution < -0.4 is 9.80 Å². The molecule has 1 aromatic heterocycles. The molecule has 0 saturated carbocycles. The first-order valence-corrected chi connectivity index (χ1v) is 10.6. The second kappa shape index (κ2) is 9.72. The Kier molecular flexibility index (Phi) is 7.22. The second-order valence-electron chi connectivity index (χ2n) is 7.52. The van der Waals surface area contributed by atoms with Gasteiger partial charge >= 0.3 is 0 Å². The summed E-state index contributed by atoms with van der Waals surface area (Å²) in [5, 5.41) is 0.394. The highest BCUT2D eigenvalue weighted by Gasteiger charge is 2.31. The molecule has 10 heteroatoms. The molecule has 0 spiro atoms. The van der Waals surface area contributed by atoms with E-state index in [1.165, 1.54) is 22.3 Å². The van der Waals surface area contributed by atoms with Gasteiger partial charge in [-0.3, -0.25) is 24.2 Å². The SMILES string of the molecule is CN(C)CCN(C(=O)c1cccc(N2C(=O)CCC2=O)c1)c1nc2c(F)cccc2s1.Cl. The average molecular weight is 477 g/mol. The number of likely N-dealkylation sites (N-methyl/N-ethyl adjacent to an activating group) is 1. The van der Waals surface area contributed by atoms with E-state index in [-0.39, 0.29) is 48.5 Å². The van der Waals surface area contributed by atoms with Crippen molar-refractivity contribution in [3.63, 3.8) is 0 Å². The van der Waals surface area contributed by atoms with Gasteiger partial charge in [0.1, 0.15) is 11.3 Å². The molecule has 2 aromatic carbocycles. The number of anilines is 2. The molecule has 0 bridgehead atoms. The van der Waals surface area contributed by atoms with E-state index in [0.717, 1.165) is 4.90 Å². The van der Waals surface area contributed by atoms with Crippen molar-refractivity contribution in [1.29, 1.82) is 0 Å². The lowest BCUT2D eigenvalue weighted by molar-refractivity contribution is -0.121. The minimum absolute atomic E-state index is 0. The van der Waals surface area contributed by atoms with Crippen LogP contribution >= 0.6 is 23.7 Å². The highest BCUT2D eigenvalue weighted by molar-refractivity contribution is 7.22. The molecule has 0 aliphatic carbocycles. The van der Waals surface area contributed by atoms with E-state index in [1.807, 2.05) is 19.0 Å². The van der Waals surface area contributed by atoms with Crippen LogP contribution in [-0.4, -0.2) is 54.8 Å². The average Bonchev–Trinajstić information content (AvgIpc) is 3.32. The maximum Gasteiger partial charge on any atom is 0.260 e. The van der Waals surface area contributed by atoms with Crippen molar-refractivity contribution in [3.05, 3.63) is 53.8 Å². The molecule has 4 rings (SSSR count). The normalized spacial score (nSPS) is 13.7. The Balaban J connectivity index is 0.00000289. The zero-order valence-electron chi connectivity index (χ0n) is 17.6. The van der Waals surface area contributed by atoms with Gasteiger partial charge in [-0.05, 0) is 44.4 Å². The molecular weight excluding hydrogens is 455 g/mol. The summed E-state index contributed by atoms with van der Waals surface area (Å²) in [6.45, 7) is 0.923. The van der Waals surface area contributed by atoms with Gasteiger partial charge in [-0.2, -0.15) is 0 Å². The number of benzene rings is 2. The van der Waals surface area contributed by atoms with Crippen molar-refractivity contribution in [1.82, 2.24) is 9.88 Å². The van der Waals surface area contributed by atoms with Crippen molar-refractivity contribution in [2.24, 2.45) is 0 Å². The number of carbonyl (C=O) groups is 3. The zero-order chi connectivity index (χ0) is 22.1. The number of nitrogens with zero attached hydrogens (tertiary/aromatic N) is 4. The fraction of sp³-hybridized carbons (Fsp3) is 0.273. The minimum Gasteiger partial charge on any atom is -0.308 e. The highest BCUT2D eigenvalue weighted by atomic mass is 35.5.